The summed E-state index contributed by atoms with van der Waals surface area (Å²) in [6, 6.07) is 19.2. The fraction of sp³-hybridized carbons (Fsp3) is 0.0769. The Kier molecular flexibility index (Phi) is 6.15. The van der Waals surface area contributed by atoms with Gasteiger partial charge in [-0.3, -0.25) is 0 Å². The van der Waals surface area contributed by atoms with Crippen LogP contribution in [0.3, 0.4) is 0 Å². The van der Waals surface area contributed by atoms with Gasteiger partial charge in [-0.05, 0) is 85.1 Å². The molecule has 2 heterocycles. The van der Waals surface area contributed by atoms with Gasteiger partial charge < -0.3 is 15.2 Å². The molecule has 0 saturated heterocycles. The molecular formula is C26H21N7. The molecule has 0 radical (unpaired) electrons. The minimum Gasteiger partial charge on any atom is -0.338 e. The average Bonchev–Trinajstić information content (AvgIpc) is 3.35. The van der Waals surface area contributed by atoms with Gasteiger partial charge in [-0.1, -0.05) is 0 Å². The number of anilines is 4. The van der Waals surface area contributed by atoms with Gasteiger partial charge in [0.1, 0.15) is 5.69 Å². The largest absolute Gasteiger partial charge is 0.338 e. The van der Waals surface area contributed by atoms with Crippen LogP contribution in [0.1, 0.15) is 22.3 Å². The number of aromatic nitrogens is 3. The van der Waals surface area contributed by atoms with Gasteiger partial charge in [0, 0.05) is 29.8 Å². The summed E-state index contributed by atoms with van der Waals surface area (Å²) in [4.78, 5) is 9.22. The van der Waals surface area contributed by atoms with Gasteiger partial charge in [0.15, 0.2) is 5.82 Å². The van der Waals surface area contributed by atoms with Crippen molar-refractivity contribution in [3.63, 3.8) is 0 Å². The highest BCUT2D eigenvalue weighted by Crippen LogP contribution is 2.29. The number of nitrogens with one attached hydrogen (secondary N) is 2. The van der Waals surface area contributed by atoms with Crippen LogP contribution in [0, 0.1) is 36.5 Å². The molecule has 4 rings (SSSR count). The van der Waals surface area contributed by atoms with Gasteiger partial charge in [-0.2, -0.15) is 15.5 Å². The van der Waals surface area contributed by atoms with E-state index in [0.29, 0.717) is 17.3 Å². The van der Waals surface area contributed by atoms with Crippen LogP contribution in [0.2, 0.25) is 0 Å². The van der Waals surface area contributed by atoms with Gasteiger partial charge in [0.2, 0.25) is 5.95 Å². The van der Waals surface area contributed by atoms with Gasteiger partial charge >= 0.3 is 0 Å². The molecule has 0 fully saturated rings. The normalized spacial score (nSPS) is 10.5. The summed E-state index contributed by atoms with van der Waals surface area (Å²) >= 11 is 0. The van der Waals surface area contributed by atoms with Crippen LogP contribution in [0.4, 0.5) is 23.1 Å². The molecule has 0 amide bonds. The van der Waals surface area contributed by atoms with E-state index in [2.05, 4.69) is 21.7 Å². The van der Waals surface area contributed by atoms with E-state index < -0.39 is 0 Å². The fourth-order valence-corrected chi connectivity index (χ4v) is 3.51. The predicted molar refractivity (Wildman–Crippen MR) is 130 cm³/mol. The Hall–Kier alpha value is -4.88. The van der Waals surface area contributed by atoms with Crippen molar-refractivity contribution in [3.05, 3.63) is 95.5 Å². The molecule has 7 heteroatoms. The molecule has 2 N–H and O–H groups in total. The molecule has 0 unspecified atom stereocenters. The molecule has 160 valence electrons. The SMILES string of the molecule is Cc1cc(/C=C/C#N)cc(C)c1Nc1nc(Nc2ccc(C#N)cc2)ncc1-n1cccc1. The van der Waals surface area contributed by atoms with E-state index in [0.717, 1.165) is 33.8 Å². The summed E-state index contributed by atoms with van der Waals surface area (Å²) in [6.07, 6.45) is 8.90. The summed E-state index contributed by atoms with van der Waals surface area (Å²) in [5.41, 5.74) is 6.16. The molecule has 7 nitrogen and oxygen atoms in total. The van der Waals surface area contributed by atoms with Crippen LogP contribution in [-0.2, 0) is 0 Å². The zero-order valence-electron chi connectivity index (χ0n) is 18.2. The van der Waals surface area contributed by atoms with E-state index >= 15 is 0 Å². The summed E-state index contributed by atoms with van der Waals surface area (Å²) in [6.45, 7) is 4.04. The van der Waals surface area contributed by atoms with Crippen LogP contribution in [-0.4, -0.2) is 14.5 Å². The minimum atomic E-state index is 0.432. The molecule has 0 aliphatic carbocycles. The number of hydrogen-bond acceptors (Lipinski definition) is 6. The highest BCUT2D eigenvalue weighted by Gasteiger charge is 2.13. The van der Waals surface area contributed by atoms with Crippen molar-refractivity contribution in [2.75, 3.05) is 10.6 Å². The lowest BCUT2D eigenvalue weighted by molar-refractivity contribution is 1.03. The van der Waals surface area contributed by atoms with Crippen LogP contribution >= 0.6 is 0 Å². The maximum atomic E-state index is 9.00. The monoisotopic (exact) mass is 431 g/mol. The third-order valence-corrected chi connectivity index (χ3v) is 5.07. The second-order valence-corrected chi connectivity index (χ2v) is 7.45. The molecule has 2 aromatic carbocycles. The third-order valence-electron chi connectivity index (χ3n) is 5.07. The first-order valence-electron chi connectivity index (χ1n) is 10.3. The lowest BCUT2D eigenvalue weighted by Crippen LogP contribution is -2.07. The van der Waals surface area contributed by atoms with Gasteiger partial charge in [-0.15, -0.1) is 0 Å². The Morgan fingerprint density at radius 1 is 0.970 bits per heavy atom. The maximum Gasteiger partial charge on any atom is 0.229 e. The van der Waals surface area contributed by atoms with Crippen molar-refractivity contribution in [2.45, 2.75) is 13.8 Å². The van der Waals surface area contributed by atoms with Crippen LogP contribution in [0.25, 0.3) is 11.8 Å². The smallest absolute Gasteiger partial charge is 0.229 e. The molecule has 2 aromatic heterocycles. The van der Waals surface area contributed by atoms with Crippen LogP contribution in [0.5, 0.6) is 0 Å². The Balaban J connectivity index is 1.71. The number of hydrogen-bond donors (Lipinski definition) is 2. The summed E-state index contributed by atoms with van der Waals surface area (Å²) in [7, 11) is 0. The lowest BCUT2D eigenvalue weighted by Gasteiger charge is -2.17. The maximum absolute atomic E-state index is 9.00. The molecule has 33 heavy (non-hydrogen) atoms. The van der Waals surface area contributed by atoms with Gasteiger partial charge in [0.05, 0.1) is 23.9 Å². The highest BCUT2D eigenvalue weighted by molar-refractivity contribution is 5.73. The van der Waals surface area contributed by atoms with E-state index in [1.165, 1.54) is 6.08 Å². The van der Waals surface area contributed by atoms with Crippen molar-refractivity contribution in [3.8, 4) is 17.8 Å². The summed E-state index contributed by atoms with van der Waals surface area (Å²) in [5.74, 6) is 1.07. The van der Waals surface area contributed by atoms with E-state index in [9.17, 15) is 0 Å². The van der Waals surface area contributed by atoms with Gasteiger partial charge in [-0.25, -0.2) is 4.98 Å². The molecule has 4 aromatic rings. The second-order valence-electron chi connectivity index (χ2n) is 7.45. The van der Waals surface area contributed by atoms with Crippen molar-refractivity contribution in [2.24, 2.45) is 0 Å². The quantitative estimate of drug-likeness (QED) is 0.375. The lowest BCUT2D eigenvalue weighted by atomic mass is 10.0. The molecular weight excluding hydrogens is 410 g/mol. The number of rotatable bonds is 6. The molecule has 0 aliphatic rings. The minimum absolute atomic E-state index is 0.432. The number of nitrogens with zero attached hydrogens (tertiary/aromatic N) is 5. The molecule has 0 bridgehead atoms. The fourth-order valence-electron chi connectivity index (χ4n) is 3.51. The highest BCUT2D eigenvalue weighted by atomic mass is 15.2. The first kappa shape index (κ1) is 21.4. The Morgan fingerprint density at radius 2 is 1.67 bits per heavy atom. The zero-order chi connectivity index (χ0) is 23.2. The Bertz CT molecular complexity index is 1360. The van der Waals surface area contributed by atoms with Gasteiger partial charge in [0.25, 0.3) is 0 Å². The Labute approximate surface area is 192 Å². The molecule has 0 aliphatic heterocycles. The van der Waals surface area contributed by atoms with Crippen molar-refractivity contribution >= 4 is 29.2 Å². The molecule has 0 spiro atoms. The average molecular weight is 432 g/mol. The van der Waals surface area contributed by atoms with E-state index in [4.69, 9.17) is 15.5 Å². The van der Waals surface area contributed by atoms with E-state index in [1.54, 1.807) is 24.4 Å². The topological polar surface area (TPSA) is 102 Å². The third kappa shape index (κ3) is 4.90. The van der Waals surface area contributed by atoms with Crippen molar-refractivity contribution < 1.29 is 0 Å². The second kappa shape index (κ2) is 9.51. The van der Waals surface area contributed by atoms with E-state index in [-0.39, 0.29) is 0 Å². The van der Waals surface area contributed by atoms with E-state index in [1.807, 2.05) is 73.3 Å². The standard InChI is InChI=1S/C26H21N7/c1-18-14-21(6-5-11-27)15-19(2)24(18)31-25-23(33-12-3-4-13-33)17-29-26(32-25)30-22-9-7-20(16-28)8-10-22/h3-10,12-15,17H,1-2H3,(H2,29,30,31,32)/b6-5+. The summed E-state index contributed by atoms with van der Waals surface area (Å²) in [5, 5.41) is 24.5. The first-order chi connectivity index (χ1) is 16.1. The Morgan fingerprint density at radius 3 is 2.30 bits per heavy atom. The number of aryl methyl sites for hydroxylation is 2. The van der Waals surface area contributed by atoms with Crippen molar-refractivity contribution in [1.29, 1.82) is 10.5 Å². The number of nitriles is 2. The first-order valence-corrected chi connectivity index (χ1v) is 10.3. The zero-order valence-corrected chi connectivity index (χ0v) is 18.2. The van der Waals surface area contributed by atoms with Crippen LogP contribution in [0.15, 0.2) is 73.2 Å². The predicted octanol–water partition coefficient (Wildman–Crippen LogP) is 5.78. The summed E-state index contributed by atoms with van der Waals surface area (Å²) < 4.78 is 1.95. The molecule has 0 atom stereocenters. The van der Waals surface area contributed by atoms with Crippen molar-refractivity contribution in [1.82, 2.24) is 14.5 Å². The molecule has 0 saturated carbocycles. The number of benzene rings is 2. The van der Waals surface area contributed by atoms with Crippen LogP contribution < -0.4 is 10.6 Å². The number of allylic oxidation sites excluding steroid dienone is 1.